The quantitative estimate of drug-likeness (QED) is 0.704. The Morgan fingerprint density at radius 2 is 1.96 bits per heavy atom. The number of amides is 1. The maximum atomic E-state index is 12.5. The van der Waals surface area contributed by atoms with Gasteiger partial charge in [-0.25, -0.2) is 4.68 Å². The van der Waals surface area contributed by atoms with E-state index in [1.54, 1.807) is 35.9 Å². The highest BCUT2D eigenvalue weighted by atomic mass is 35.5. The number of aryl methyl sites for hydroxylation is 1. The summed E-state index contributed by atoms with van der Waals surface area (Å²) in [5.74, 6) is 0.936. The van der Waals surface area contributed by atoms with Gasteiger partial charge in [-0.15, -0.1) is 0 Å². The number of carbonyl (C=O) groups is 1. The van der Waals surface area contributed by atoms with Crippen molar-refractivity contribution in [3.05, 3.63) is 76.9 Å². The standard InChI is InChI=1S/C20H20ClN3O2/c1-14-11-19(24(23-14)13-16-7-4-3-5-8-16)22-20(25)15(2)26-18-10-6-9-17(21)12-18/h3-12,15H,13H2,1-2H3,(H,22,25). The zero-order valence-electron chi connectivity index (χ0n) is 14.6. The molecule has 0 fully saturated rings. The summed E-state index contributed by atoms with van der Waals surface area (Å²) in [7, 11) is 0. The number of aromatic nitrogens is 2. The minimum atomic E-state index is -0.672. The molecule has 3 aromatic rings. The second-order valence-electron chi connectivity index (χ2n) is 6.02. The fourth-order valence-corrected chi connectivity index (χ4v) is 2.73. The van der Waals surface area contributed by atoms with Crippen molar-refractivity contribution in [2.45, 2.75) is 26.5 Å². The van der Waals surface area contributed by atoms with E-state index in [4.69, 9.17) is 16.3 Å². The molecule has 0 saturated carbocycles. The summed E-state index contributed by atoms with van der Waals surface area (Å²) in [6.45, 7) is 4.16. The summed E-state index contributed by atoms with van der Waals surface area (Å²) in [4.78, 5) is 12.5. The molecule has 1 amide bonds. The SMILES string of the molecule is Cc1cc(NC(=O)C(C)Oc2cccc(Cl)c2)n(Cc2ccccc2)n1. The predicted molar refractivity (Wildman–Crippen MR) is 103 cm³/mol. The first kappa shape index (κ1) is 18.0. The average molecular weight is 370 g/mol. The summed E-state index contributed by atoms with van der Waals surface area (Å²) >= 11 is 5.95. The van der Waals surface area contributed by atoms with E-state index in [-0.39, 0.29) is 5.91 Å². The number of hydrogen-bond acceptors (Lipinski definition) is 3. The number of rotatable bonds is 6. The first-order chi connectivity index (χ1) is 12.5. The molecule has 2 aromatic carbocycles. The van der Waals surface area contributed by atoms with E-state index in [2.05, 4.69) is 10.4 Å². The van der Waals surface area contributed by atoms with Crippen LogP contribution in [-0.2, 0) is 11.3 Å². The largest absolute Gasteiger partial charge is 0.481 e. The summed E-state index contributed by atoms with van der Waals surface area (Å²) < 4.78 is 7.44. The molecule has 0 aliphatic heterocycles. The van der Waals surface area contributed by atoms with Crippen LogP contribution >= 0.6 is 11.6 Å². The molecule has 0 aliphatic carbocycles. The Morgan fingerprint density at radius 1 is 1.19 bits per heavy atom. The maximum Gasteiger partial charge on any atom is 0.266 e. The van der Waals surface area contributed by atoms with Crippen molar-refractivity contribution in [2.24, 2.45) is 0 Å². The molecule has 6 heteroatoms. The molecule has 3 rings (SSSR count). The second kappa shape index (κ2) is 8.06. The molecule has 5 nitrogen and oxygen atoms in total. The van der Waals surface area contributed by atoms with E-state index < -0.39 is 6.10 Å². The molecule has 0 radical (unpaired) electrons. The van der Waals surface area contributed by atoms with Crippen LogP contribution in [0.2, 0.25) is 5.02 Å². The maximum absolute atomic E-state index is 12.5. The van der Waals surface area contributed by atoms with Gasteiger partial charge in [0.15, 0.2) is 6.10 Å². The van der Waals surface area contributed by atoms with E-state index in [1.807, 2.05) is 43.3 Å². The van der Waals surface area contributed by atoms with Crippen molar-refractivity contribution in [3.8, 4) is 5.75 Å². The smallest absolute Gasteiger partial charge is 0.266 e. The molecule has 1 atom stereocenters. The third-order valence-electron chi connectivity index (χ3n) is 3.81. The van der Waals surface area contributed by atoms with Gasteiger partial charge in [-0.05, 0) is 37.6 Å². The van der Waals surface area contributed by atoms with Crippen LogP contribution in [0, 0.1) is 6.92 Å². The van der Waals surface area contributed by atoms with Gasteiger partial charge in [0, 0.05) is 11.1 Å². The normalized spacial score (nSPS) is 11.8. The zero-order valence-corrected chi connectivity index (χ0v) is 15.4. The Hall–Kier alpha value is -2.79. The van der Waals surface area contributed by atoms with Crippen molar-refractivity contribution in [1.82, 2.24) is 9.78 Å². The molecular weight excluding hydrogens is 350 g/mol. The molecule has 1 unspecified atom stereocenters. The van der Waals surface area contributed by atoms with E-state index in [0.29, 0.717) is 23.1 Å². The van der Waals surface area contributed by atoms with Crippen LogP contribution < -0.4 is 10.1 Å². The average Bonchev–Trinajstić information content (AvgIpc) is 2.94. The lowest BCUT2D eigenvalue weighted by Gasteiger charge is -2.15. The van der Waals surface area contributed by atoms with Crippen LogP contribution in [0.1, 0.15) is 18.2 Å². The first-order valence-electron chi connectivity index (χ1n) is 8.33. The van der Waals surface area contributed by atoms with Gasteiger partial charge in [-0.3, -0.25) is 4.79 Å². The third kappa shape index (κ3) is 4.64. The van der Waals surface area contributed by atoms with Crippen LogP contribution in [0.25, 0.3) is 0 Å². The molecule has 0 spiro atoms. The Balaban J connectivity index is 1.69. The topological polar surface area (TPSA) is 56.1 Å². The summed E-state index contributed by atoms with van der Waals surface area (Å²) in [5, 5.41) is 7.91. The van der Waals surface area contributed by atoms with Crippen molar-refractivity contribution in [1.29, 1.82) is 0 Å². The van der Waals surface area contributed by atoms with E-state index in [9.17, 15) is 4.79 Å². The predicted octanol–water partition coefficient (Wildman–Crippen LogP) is 4.30. The van der Waals surface area contributed by atoms with E-state index >= 15 is 0 Å². The van der Waals surface area contributed by atoms with Gasteiger partial charge in [0.1, 0.15) is 11.6 Å². The second-order valence-corrected chi connectivity index (χ2v) is 6.46. The Kier molecular flexibility index (Phi) is 5.58. The summed E-state index contributed by atoms with van der Waals surface area (Å²) in [5.41, 5.74) is 1.94. The van der Waals surface area contributed by atoms with Crippen LogP contribution in [0.4, 0.5) is 5.82 Å². The van der Waals surface area contributed by atoms with Crippen molar-refractivity contribution in [2.75, 3.05) is 5.32 Å². The summed E-state index contributed by atoms with van der Waals surface area (Å²) in [6, 6.07) is 18.8. The van der Waals surface area contributed by atoms with Crippen LogP contribution in [0.5, 0.6) is 5.75 Å². The molecule has 1 N–H and O–H groups in total. The van der Waals surface area contributed by atoms with E-state index in [0.717, 1.165) is 11.3 Å². The van der Waals surface area contributed by atoms with E-state index in [1.165, 1.54) is 0 Å². The minimum absolute atomic E-state index is 0.251. The number of ether oxygens (including phenoxy) is 1. The number of nitrogens with zero attached hydrogens (tertiary/aromatic N) is 2. The zero-order chi connectivity index (χ0) is 18.5. The van der Waals surface area contributed by atoms with Gasteiger partial charge in [0.25, 0.3) is 5.91 Å². The molecule has 1 heterocycles. The fourth-order valence-electron chi connectivity index (χ4n) is 2.55. The van der Waals surface area contributed by atoms with Crippen LogP contribution in [0.15, 0.2) is 60.7 Å². The van der Waals surface area contributed by atoms with Gasteiger partial charge in [-0.2, -0.15) is 5.10 Å². The molecule has 0 aliphatic rings. The Morgan fingerprint density at radius 3 is 2.69 bits per heavy atom. The van der Waals surface area contributed by atoms with Crippen molar-refractivity contribution < 1.29 is 9.53 Å². The number of nitrogens with one attached hydrogen (secondary N) is 1. The first-order valence-corrected chi connectivity index (χ1v) is 8.70. The van der Waals surface area contributed by atoms with Crippen LogP contribution in [-0.4, -0.2) is 21.8 Å². The molecule has 134 valence electrons. The van der Waals surface area contributed by atoms with Gasteiger partial charge in [0.05, 0.1) is 12.2 Å². The number of carbonyl (C=O) groups excluding carboxylic acids is 1. The lowest BCUT2D eigenvalue weighted by molar-refractivity contribution is -0.122. The lowest BCUT2D eigenvalue weighted by atomic mass is 10.2. The van der Waals surface area contributed by atoms with Gasteiger partial charge in [0.2, 0.25) is 0 Å². The number of anilines is 1. The molecule has 0 bridgehead atoms. The lowest BCUT2D eigenvalue weighted by Crippen LogP contribution is -2.31. The number of benzene rings is 2. The molecule has 26 heavy (non-hydrogen) atoms. The third-order valence-corrected chi connectivity index (χ3v) is 4.04. The van der Waals surface area contributed by atoms with Gasteiger partial charge >= 0.3 is 0 Å². The Bertz CT molecular complexity index is 893. The number of halogens is 1. The number of hydrogen-bond donors (Lipinski definition) is 1. The highest BCUT2D eigenvalue weighted by Crippen LogP contribution is 2.19. The van der Waals surface area contributed by atoms with Crippen molar-refractivity contribution >= 4 is 23.3 Å². The molecule has 0 saturated heterocycles. The van der Waals surface area contributed by atoms with Crippen molar-refractivity contribution in [3.63, 3.8) is 0 Å². The molecular formula is C20H20ClN3O2. The van der Waals surface area contributed by atoms with Crippen LogP contribution in [0.3, 0.4) is 0 Å². The Labute approximate surface area is 157 Å². The summed E-state index contributed by atoms with van der Waals surface area (Å²) in [6.07, 6.45) is -0.672. The van der Waals surface area contributed by atoms with Gasteiger partial charge < -0.3 is 10.1 Å². The molecule has 1 aromatic heterocycles. The fraction of sp³-hybridized carbons (Fsp3) is 0.200. The highest BCUT2D eigenvalue weighted by molar-refractivity contribution is 6.30. The van der Waals surface area contributed by atoms with Gasteiger partial charge in [-0.1, -0.05) is 48.0 Å². The monoisotopic (exact) mass is 369 g/mol. The minimum Gasteiger partial charge on any atom is -0.481 e. The highest BCUT2D eigenvalue weighted by Gasteiger charge is 2.17.